The van der Waals surface area contributed by atoms with Crippen molar-refractivity contribution < 1.29 is 4.42 Å². The molecule has 0 amide bonds. The minimum atomic E-state index is 0.907. The summed E-state index contributed by atoms with van der Waals surface area (Å²) in [4.78, 5) is 2.36. The summed E-state index contributed by atoms with van der Waals surface area (Å²) in [5, 5.41) is 2.27. The van der Waals surface area contributed by atoms with Crippen LogP contribution in [-0.4, -0.2) is 0 Å². The van der Waals surface area contributed by atoms with Gasteiger partial charge in [-0.3, -0.25) is 0 Å². The molecule has 0 fully saturated rings. The monoisotopic (exact) mass is 591 g/mol. The Hall–Kier alpha value is -5.86. The highest BCUT2D eigenvalue weighted by Crippen LogP contribution is 2.42. The number of fused-ring (bicyclic) bond motifs is 3. The summed E-state index contributed by atoms with van der Waals surface area (Å²) < 4.78 is 6.44. The maximum atomic E-state index is 6.44. The molecule has 1 aromatic heterocycles. The number of anilines is 3. The molecule has 0 saturated carbocycles. The van der Waals surface area contributed by atoms with Crippen molar-refractivity contribution in [2.75, 3.05) is 4.90 Å². The van der Waals surface area contributed by atoms with E-state index < -0.39 is 0 Å². The van der Waals surface area contributed by atoms with Gasteiger partial charge in [0.15, 0.2) is 0 Å². The van der Waals surface area contributed by atoms with E-state index in [9.17, 15) is 0 Å². The van der Waals surface area contributed by atoms with E-state index in [1.165, 1.54) is 33.4 Å². The van der Waals surface area contributed by atoms with Crippen LogP contribution >= 0.6 is 0 Å². The van der Waals surface area contributed by atoms with Gasteiger partial charge in [0.1, 0.15) is 11.2 Å². The number of furan rings is 1. The average molecular weight is 592 g/mol. The molecule has 0 radical (unpaired) electrons. The molecule has 0 N–H and O–H groups in total. The Labute approximate surface area is 269 Å². The first-order chi connectivity index (χ1) is 22.6. The van der Waals surface area contributed by atoms with Gasteiger partial charge in [-0.1, -0.05) is 121 Å². The minimum Gasteiger partial charge on any atom is -0.455 e. The molecule has 2 heteroatoms. The number of hydrogen-bond donors (Lipinski definition) is 0. The zero-order valence-electron chi connectivity index (χ0n) is 25.9. The van der Waals surface area contributed by atoms with E-state index in [1.807, 2.05) is 12.1 Å². The lowest BCUT2D eigenvalue weighted by molar-refractivity contribution is 0.670. The van der Waals surface area contributed by atoms with Crippen LogP contribution in [0.1, 0.15) is 11.1 Å². The zero-order valence-corrected chi connectivity index (χ0v) is 25.9. The molecule has 220 valence electrons. The van der Waals surface area contributed by atoms with Crippen molar-refractivity contribution in [1.29, 1.82) is 0 Å². The van der Waals surface area contributed by atoms with Crippen molar-refractivity contribution in [2.45, 2.75) is 13.8 Å². The van der Waals surface area contributed by atoms with Gasteiger partial charge < -0.3 is 9.32 Å². The lowest BCUT2D eigenvalue weighted by atomic mass is 9.95. The maximum Gasteiger partial charge on any atom is 0.143 e. The third kappa shape index (κ3) is 4.95. The quantitative estimate of drug-likeness (QED) is 0.191. The second-order valence-electron chi connectivity index (χ2n) is 11.9. The molecular weight excluding hydrogens is 558 g/mol. The Morgan fingerprint density at radius 2 is 1.00 bits per heavy atom. The number of aryl methyl sites for hydroxylation is 2. The molecule has 0 aliphatic carbocycles. The van der Waals surface area contributed by atoms with Crippen LogP contribution in [0.5, 0.6) is 0 Å². The fourth-order valence-electron chi connectivity index (χ4n) is 6.58. The predicted molar refractivity (Wildman–Crippen MR) is 194 cm³/mol. The lowest BCUT2D eigenvalue weighted by Gasteiger charge is -2.27. The van der Waals surface area contributed by atoms with Crippen LogP contribution in [-0.2, 0) is 0 Å². The Bertz CT molecular complexity index is 2330. The molecule has 2 nitrogen and oxygen atoms in total. The summed E-state index contributed by atoms with van der Waals surface area (Å²) in [6, 6.07) is 58.3. The number of benzene rings is 7. The maximum absolute atomic E-state index is 6.44. The van der Waals surface area contributed by atoms with E-state index >= 15 is 0 Å². The Balaban J connectivity index is 1.29. The second-order valence-corrected chi connectivity index (χ2v) is 11.9. The first-order valence-electron chi connectivity index (χ1n) is 15.8. The second kappa shape index (κ2) is 11.6. The summed E-state index contributed by atoms with van der Waals surface area (Å²) in [7, 11) is 0. The van der Waals surface area contributed by atoms with Crippen molar-refractivity contribution in [2.24, 2.45) is 0 Å². The van der Waals surface area contributed by atoms with Crippen LogP contribution in [0, 0.1) is 13.8 Å². The first-order valence-corrected chi connectivity index (χ1v) is 15.8. The Morgan fingerprint density at radius 1 is 0.391 bits per heavy atom. The average Bonchev–Trinajstić information content (AvgIpc) is 3.49. The molecule has 1 heterocycles. The zero-order chi connectivity index (χ0) is 31.0. The first kappa shape index (κ1) is 27.7. The molecule has 0 bridgehead atoms. The van der Waals surface area contributed by atoms with Crippen molar-refractivity contribution in [1.82, 2.24) is 0 Å². The van der Waals surface area contributed by atoms with Crippen molar-refractivity contribution >= 4 is 39.0 Å². The number of nitrogens with zero attached hydrogens (tertiary/aromatic N) is 1. The largest absolute Gasteiger partial charge is 0.455 e. The molecule has 8 rings (SSSR count). The Kier molecular flexibility index (Phi) is 6.96. The van der Waals surface area contributed by atoms with E-state index in [4.69, 9.17) is 4.42 Å². The summed E-state index contributed by atoms with van der Waals surface area (Å²) in [6.45, 7) is 4.38. The van der Waals surface area contributed by atoms with Crippen LogP contribution in [0.4, 0.5) is 17.1 Å². The highest BCUT2D eigenvalue weighted by Gasteiger charge is 2.18. The molecule has 0 atom stereocenters. The number of para-hydroxylation sites is 2. The van der Waals surface area contributed by atoms with Gasteiger partial charge in [-0.25, -0.2) is 0 Å². The number of rotatable bonds is 6. The van der Waals surface area contributed by atoms with Crippen molar-refractivity contribution in [3.8, 4) is 33.4 Å². The summed E-state index contributed by atoms with van der Waals surface area (Å²) in [5.41, 5.74) is 14.7. The highest BCUT2D eigenvalue weighted by atomic mass is 16.3. The van der Waals surface area contributed by atoms with E-state index in [2.05, 4.69) is 170 Å². The van der Waals surface area contributed by atoms with Gasteiger partial charge in [0.05, 0.1) is 0 Å². The molecule has 8 aromatic rings. The number of hydrogen-bond acceptors (Lipinski definition) is 2. The van der Waals surface area contributed by atoms with Gasteiger partial charge in [0.25, 0.3) is 0 Å². The SMILES string of the molecule is Cc1ccccc1-c1cc(N(c2ccc(-c3ccccc3)cc2)c2cccc(-c3cccc4c3oc3ccccc34)c2)ccc1C. The van der Waals surface area contributed by atoms with Crippen molar-refractivity contribution in [3.63, 3.8) is 0 Å². The Morgan fingerprint density at radius 3 is 1.85 bits per heavy atom. The van der Waals surface area contributed by atoms with Gasteiger partial charge in [-0.05, 0) is 95.3 Å². The third-order valence-electron chi connectivity index (χ3n) is 8.97. The van der Waals surface area contributed by atoms with Gasteiger partial charge in [-0.2, -0.15) is 0 Å². The summed E-state index contributed by atoms with van der Waals surface area (Å²) >= 11 is 0. The van der Waals surface area contributed by atoms with Crippen LogP contribution in [0.3, 0.4) is 0 Å². The predicted octanol–water partition coefficient (Wildman–Crippen LogP) is 12.7. The molecule has 0 spiro atoms. The smallest absolute Gasteiger partial charge is 0.143 e. The third-order valence-corrected chi connectivity index (χ3v) is 8.97. The van der Waals surface area contributed by atoms with Crippen LogP contribution in [0.25, 0.3) is 55.3 Å². The van der Waals surface area contributed by atoms with E-state index in [-0.39, 0.29) is 0 Å². The molecule has 0 aliphatic heterocycles. The highest BCUT2D eigenvalue weighted by molar-refractivity contribution is 6.09. The molecule has 0 unspecified atom stereocenters. The standard InChI is InChI=1S/C44H33NO/c1-30-12-6-7-17-38(30)42-29-37(25-22-31(42)2)45(35-26-23-33(24-27-35)32-13-4-3-5-14-32)36-16-10-15-34(28-36)39-19-11-20-41-40-18-8-9-21-43(40)46-44(39)41/h3-29H,1-2H3. The molecular formula is C44H33NO. The summed E-state index contributed by atoms with van der Waals surface area (Å²) in [5.74, 6) is 0. The topological polar surface area (TPSA) is 16.4 Å². The van der Waals surface area contributed by atoms with Gasteiger partial charge in [0, 0.05) is 33.4 Å². The minimum absolute atomic E-state index is 0.907. The van der Waals surface area contributed by atoms with E-state index in [0.29, 0.717) is 0 Å². The van der Waals surface area contributed by atoms with Crippen LogP contribution in [0.2, 0.25) is 0 Å². The molecule has 0 saturated heterocycles. The molecule has 46 heavy (non-hydrogen) atoms. The fourth-order valence-corrected chi connectivity index (χ4v) is 6.58. The van der Waals surface area contributed by atoms with Gasteiger partial charge >= 0.3 is 0 Å². The van der Waals surface area contributed by atoms with Crippen LogP contribution < -0.4 is 4.90 Å². The van der Waals surface area contributed by atoms with E-state index in [0.717, 1.165) is 50.1 Å². The van der Waals surface area contributed by atoms with Gasteiger partial charge in [-0.15, -0.1) is 0 Å². The van der Waals surface area contributed by atoms with Crippen LogP contribution in [0.15, 0.2) is 168 Å². The molecule has 0 aliphatic rings. The lowest BCUT2D eigenvalue weighted by Crippen LogP contribution is -2.10. The van der Waals surface area contributed by atoms with Crippen molar-refractivity contribution in [3.05, 3.63) is 175 Å². The normalized spacial score (nSPS) is 11.3. The van der Waals surface area contributed by atoms with E-state index in [1.54, 1.807) is 0 Å². The summed E-state index contributed by atoms with van der Waals surface area (Å²) in [6.07, 6.45) is 0. The molecule has 7 aromatic carbocycles. The van der Waals surface area contributed by atoms with Gasteiger partial charge in [0.2, 0.25) is 0 Å². The fraction of sp³-hybridized carbons (Fsp3) is 0.0455.